The predicted molar refractivity (Wildman–Crippen MR) is 110 cm³/mol. The lowest BCUT2D eigenvalue weighted by atomic mass is 10.2. The van der Waals surface area contributed by atoms with Crippen molar-refractivity contribution >= 4 is 33.2 Å². The topological polar surface area (TPSA) is 57.7 Å². The van der Waals surface area contributed by atoms with E-state index in [4.69, 9.17) is 11.6 Å². The fourth-order valence-corrected chi connectivity index (χ4v) is 4.22. The predicted octanol–water partition coefficient (Wildman–Crippen LogP) is 4.57. The summed E-state index contributed by atoms with van der Waals surface area (Å²) in [5.41, 5.74) is 0.458. The quantitative estimate of drug-likeness (QED) is 0.621. The van der Waals surface area contributed by atoms with Crippen LogP contribution < -0.4 is 4.31 Å². The van der Waals surface area contributed by atoms with Gasteiger partial charge >= 0.3 is 0 Å². The van der Waals surface area contributed by atoms with E-state index in [1.807, 2.05) is 13.8 Å². The Bertz CT molecular complexity index is 927. The molecule has 0 spiro atoms. The Morgan fingerprint density at radius 1 is 1.04 bits per heavy atom. The van der Waals surface area contributed by atoms with Crippen molar-refractivity contribution in [2.24, 2.45) is 0 Å². The average Bonchev–Trinajstić information content (AvgIpc) is 2.67. The molecule has 0 heterocycles. The van der Waals surface area contributed by atoms with Gasteiger partial charge in [-0.05, 0) is 55.3 Å². The summed E-state index contributed by atoms with van der Waals surface area (Å²) < 4.78 is 40.2. The molecule has 0 radical (unpaired) electrons. The minimum absolute atomic E-state index is 0.0555. The van der Waals surface area contributed by atoms with E-state index in [1.165, 1.54) is 49.5 Å². The lowest BCUT2D eigenvalue weighted by Crippen LogP contribution is -2.33. The fourth-order valence-electron chi connectivity index (χ4n) is 2.80. The Kier molecular flexibility index (Phi) is 7.43. The molecular weight excluding hydrogens is 403 g/mol. The number of carbonyl (C=O) groups excluding carboxylic acids is 1. The standard InChI is InChI=1S/C20H24ClFN2O3S/c1-4-12-24(13-5-2)20(25)18-14-17(10-11-19(18)21)28(26,27)23(3)16-8-6-15(22)7-9-16/h6-11,14H,4-5,12-13H2,1-3H3. The van der Waals surface area contributed by atoms with Crippen molar-refractivity contribution in [3.8, 4) is 0 Å². The third-order valence-electron chi connectivity index (χ3n) is 4.29. The first-order valence-electron chi connectivity index (χ1n) is 9.05. The van der Waals surface area contributed by atoms with Gasteiger partial charge in [0.25, 0.3) is 15.9 Å². The number of hydrogen-bond acceptors (Lipinski definition) is 3. The Morgan fingerprint density at radius 3 is 2.14 bits per heavy atom. The molecule has 2 rings (SSSR count). The van der Waals surface area contributed by atoms with E-state index in [2.05, 4.69) is 0 Å². The normalized spacial score (nSPS) is 11.3. The summed E-state index contributed by atoms with van der Waals surface area (Å²) in [4.78, 5) is 14.5. The number of amides is 1. The van der Waals surface area contributed by atoms with Crippen LogP contribution >= 0.6 is 11.6 Å². The first-order valence-corrected chi connectivity index (χ1v) is 10.9. The molecule has 0 aliphatic rings. The lowest BCUT2D eigenvalue weighted by Gasteiger charge is -2.23. The van der Waals surface area contributed by atoms with E-state index in [0.29, 0.717) is 18.8 Å². The van der Waals surface area contributed by atoms with Crippen LogP contribution in [-0.4, -0.2) is 39.4 Å². The monoisotopic (exact) mass is 426 g/mol. The summed E-state index contributed by atoms with van der Waals surface area (Å²) >= 11 is 6.20. The Hall–Kier alpha value is -2.12. The molecule has 152 valence electrons. The molecule has 0 atom stereocenters. The maximum Gasteiger partial charge on any atom is 0.264 e. The van der Waals surface area contributed by atoms with Crippen molar-refractivity contribution in [1.82, 2.24) is 4.90 Å². The van der Waals surface area contributed by atoms with Crippen molar-refractivity contribution in [3.05, 3.63) is 58.9 Å². The molecule has 0 saturated heterocycles. The molecule has 1 amide bonds. The minimum atomic E-state index is -3.95. The van der Waals surface area contributed by atoms with Crippen LogP contribution in [-0.2, 0) is 10.0 Å². The second-order valence-corrected chi connectivity index (χ2v) is 8.76. The number of nitrogens with zero attached hydrogens (tertiary/aromatic N) is 2. The molecule has 8 heteroatoms. The molecule has 0 fully saturated rings. The molecule has 0 aliphatic heterocycles. The van der Waals surface area contributed by atoms with E-state index in [9.17, 15) is 17.6 Å². The zero-order chi connectivity index (χ0) is 20.9. The summed E-state index contributed by atoms with van der Waals surface area (Å²) in [5.74, 6) is -0.754. The summed E-state index contributed by atoms with van der Waals surface area (Å²) in [7, 11) is -2.57. The fraction of sp³-hybridized carbons (Fsp3) is 0.350. The highest BCUT2D eigenvalue weighted by atomic mass is 35.5. The third kappa shape index (κ3) is 4.83. The van der Waals surface area contributed by atoms with Crippen molar-refractivity contribution in [3.63, 3.8) is 0 Å². The molecule has 0 aromatic heterocycles. The highest BCUT2D eigenvalue weighted by Gasteiger charge is 2.25. The van der Waals surface area contributed by atoms with E-state index in [0.717, 1.165) is 17.1 Å². The van der Waals surface area contributed by atoms with Crippen LogP contribution in [0.2, 0.25) is 5.02 Å². The summed E-state index contributed by atoms with van der Waals surface area (Å²) in [6, 6.07) is 9.20. The van der Waals surface area contributed by atoms with Crippen LogP contribution in [0.4, 0.5) is 10.1 Å². The smallest absolute Gasteiger partial charge is 0.264 e. The van der Waals surface area contributed by atoms with Crippen LogP contribution in [0.1, 0.15) is 37.0 Å². The van der Waals surface area contributed by atoms with Gasteiger partial charge in [-0.3, -0.25) is 9.10 Å². The largest absolute Gasteiger partial charge is 0.339 e. The summed E-state index contributed by atoms with van der Waals surface area (Å²) in [6.45, 7) is 5.07. The molecule has 0 aliphatic carbocycles. The SMILES string of the molecule is CCCN(CCC)C(=O)c1cc(S(=O)(=O)N(C)c2ccc(F)cc2)ccc1Cl. The highest BCUT2D eigenvalue weighted by molar-refractivity contribution is 7.92. The molecule has 5 nitrogen and oxygen atoms in total. The number of rotatable bonds is 8. The number of carbonyl (C=O) groups is 1. The van der Waals surface area contributed by atoms with Crippen molar-refractivity contribution in [1.29, 1.82) is 0 Å². The zero-order valence-electron chi connectivity index (χ0n) is 16.2. The number of anilines is 1. The molecule has 0 saturated carbocycles. The second kappa shape index (κ2) is 9.39. The average molecular weight is 427 g/mol. The lowest BCUT2D eigenvalue weighted by molar-refractivity contribution is 0.0755. The minimum Gasteiger partial charge on any atom is -0.339 e. The van der Waals surface area contributed by atoms with Gasteiger partial charge in [0.2, 0.25) is 0 Å². The third-order valence-corrected chi connectivity index (χ3v) is 6.40. The van der Waals surface area contributed by atoms with Gasteiger partial charge in [0.05, 0.1) is 21.2 Å². The van der Waals surface area contributed by atoms with E-state index in [1.54, 1.807) is 4.90 Å². The molecule has 28 heavy (non-hydrogen) atoms. The van der Waals surface area contributed by atoms with Crippen LogP contribution in [0.15, 0.2) is 47.4 Å². The van der Waals surface area contributed by atoms with Gasteiger partial charge in [0.1, 0.15) is 5.82 Å². The van der Waals surface area contributed by atoms with Crippen molar-refractivity contribution in [2.75, 3.05) is 24.4 Å². The Balaban J connectivity index is 2.42. The van der Waals surface area contributed by atoms with Crippen LogP contribution in [0.5, 0.6) is 0 Å². The molecule has 0 N–H and O–H groups in total. The molecular formula is C20H24ClFN2O3S. The van der Waals surface area contributed by atoms with Gasteiger partial charge in [-0.1, -0.05) is 25.4 Å². The number of hydrogen-bond donors (Lipinski definition) is 0. The zero-order valence-corrected chi connectivity index (χ0v) is 17.7. The highest BCUT2D eigenvalue weighted by Crippen LogP contribution is 2.27. The van der Waals surface area contributed by atoms with Crippen LogP contribution in [0.3, 0.4) is 0 Å². The first kappa shape index (κ1) is 22.2. The number of halogens is 2. The first-order chi connectivity index (χ1) is 13.2. The molecule has 0 unspecified atom stereocenters. The van der Waals surface area contributed by atoms with Gasteiger partial charge in [-0.15, -0.1) is 0 Å². The van der Waals surface area contributed by atoms with Crippen LogP contribution in [0.25, 0.3) is 0 Å². The van der Waals surface area contributed by atoms with Crippen LogP contribution in [0, 0.1) is 5.82 Å². The second-order valence-electron chi connectivity index (χ2n) is 6.38. The van der Waals surface area contributed by atoms with E-state index < -0.39 is 15.8 Å². The molecule has 2 aromatic rings. The van der Waals surface area contributed by atoms with E-state index in [-0.39, 0.29) is 21.4 Å². The van der Waals surface area contributed by atoms with Gasteiger partial charge in [0, 0.05) is 20.1 Å². The summed E-state index contributed by atoms with van der Waals surface area (Å²) in [5, 5.41) is 0.200. The Labute approximate surface area is 170 Å². The van der Waals surface area contributed by atoms with Crippen molar-refractivity contribution in [2.45, 2.75) is 31.6 Å². The maximum atomic E-state index is 13.1. The molecule has 2 aromatic carbocycles. The molecule has 0 bridgehead atoms. The number of benzene rings is 2. The van der Waals surface area contributed by atoms with Gasteiger partial charge in [0.15, 0.2) is 0 Å². The van der Waals surface area contributed by atoms with Gasteiger partial charge < -0.3 is 4.90 Å². The Morgan fingerprint density at radius 2 is 1.61 bits per heavy atom. The van der Waals surface area contributed by atoms with Gasteiger partial charge in [-0.2, -0.15) is 0 Å². The van der Waals surface area contributed by atoms with E-state index >= 15 is 0 Å². The summed E-state index contributed by atoms with van der Waals surface area (Å²) in [6.07, 6.45) is 1.57. The number of sulfonamides is 1. The maximum absolute atomic E-state index is 13.1. The van der Waals surface area contributed by atoms with Crippen molar-refractivity contribution < 1.29 is 17.6 Å². The van der Waals surface area contributed by atoms with Gasteiger partial charge in [-0.25, -0.2) is 12.8 Å².